The molecule has 3 rings (SSSR count). The Morgan fingerprint density at radius 3 is 3.05 bits per heavy atom. The van der Waals surface area contributed by atoms with Crippen LogP contribution in [0.4, 0.5) is 5.69 Å². The number of hydrogen-bond acceptors (Lipinski definition) is 4. The van der Waals surface area contributed by atoms with E-state index in [0.717, 1.165) is 20.8 Å². The standard InChI is InChI=1S/C13H12BrN3OS/c1-18-12-11(17-6-7-19-13(17)16-12)8-15-10-5-3-2-4-9(10)14/h2-7,15H,8H2,1H3. The summed E-state index contributed by atoms with van der Waals surface area (Å²) in [4.78, 5) is 5.38. The van der Waals surface area contributed by atoms with Crippen molar-refractivity contribution < 1.29 is 4.74 Å². The molecular weight excluding hydrogens is 326 g/mol. The van der Waals surface area contributed by atoms with Gasteiger partial charge in [-0.05, 0) is 28.1 Å². The second-order valence-electron chi connectivity index (χ2n) is 3.96. The van der Waals surface area contributed by atoms with E-state index in [1.54, 1.807) is 18.4 Å². The molecule has 0 amide bonds. The summed E-state index contributed by atoms with van der Waals surface area (Å²) in [6.45, 7) is 0.656. The lowest BCUT2D eigenvalue weighted by atomic mass is 10.3. The van der Waals surface area contributed by atoms with Crippen LogP contribution >= 0.6 is 27.3 Å². The van der Waals surface area contributed by atoms with Gasteiger partial charge in [0.25, 0.3) is 0 Å². The molecule has 1 aromatic carbocycles. The van der Waals surface area contributed by atoms with E-state index >= 15 is 0 Å². The van der Waals surface area contributed by atoms with Gasteiger partial charge in [-0.25, -0.2) is 0 Å². The number of rotatable bonds is 4. The number of benzene rings is 1. The van der Waals surface area contributed by atoms with Crippen molar-refractivity contribution in [2.45, 2.75) is 6.54 Å². The molecule has 0 aliphatic rings. The van der Waals surface area contributed by atoms with E-state index in [2.05, 4.69) is 26.2 Å². The van der Waals surface area contributed by atoms with E-state index in [1.165, 1.54) is 0 Å². The Hall–Kier alpha value is -1.53. The van der Waals surface area contributed by atoms with Crippen molar-refractivity contribution in [2.75, 3.05) is 12.4 Å². The highest BCUT2D eigenvalue weighted by Crippen LogP contribution is 2.26. The fourth-order valence-corrected chi connectivity index (χ4v) is 3.07. The Bertz CT molecular complexity index is 707. The number of nitrogens with one attached hydrogen (secondary N) is 1. The van der Waals surface area contributed by atoms with Gasteiger partial charge in [0.1, 0.15) is 5.69 Å². The molecule has 4 nitrogen and oxygen atoms in total. The maximum atomic E-state index is 5.33. The molecule has 0 aliphatic heterocycles. The van der Waals surface area contributed by atoms with Gasteiger partial charge in [-0.3, -0.25) is 4.40 Å². The highest BCUT2D eigenvalue weighted by molar-refractivity contribution is 9.10. The monoisotopic (exact) mass is 337 g/mol. The minimum atomic E-state index is 0.656. The minimum absolute atomic E-state index is 0.656. The summed E-state index contributed by atoms with van der Waals surface area (Å²) in [7, 11) is 1.65. The van der Waals surface area contributed by atoms with Crippen LogP contribution in [-0.2, 0) is 6.54 Å². The molecule has 0 aliphatic carbocycles. The van der Waals surface area contributed by atoms with E-state index in [-0.39, 0.29) is 0 Å². The minimum Gasteiger partial charge on any atom is -0.480 e. The number of aromatic nitrogens is 2. The van der Waals surface area contributed by atoms with Crippen molar-refractivity contribution in [1.29, 1.82) is 0 Å². The molecule has 0 saturated heterocycles. The fourth-order valence-electron chi connectivity index (χ4n) is 1.92. The normalized spacial score (nSPS) is 10.8. The van der Waals surface area contributed by atoms with Crippen molar-refractivity contribution in [2.24, 2.45) is 0 Å². The average molecular weight is 338 g/mol. The maximum Gasteiger partial charge on any atom is 0.238 e. The maximum absolute atomic E-state index is 5.33. The zero-order chi connectivity index (χ0) is 13.2. The number of imidazole rings is 1. The molecule has 0 radical (unpaired) electrons. The molecular formula is C13H12BrN3OS. The Balaban J connectivity index is 1.89. The van der Waals surface area contributed by atoms with Crippen LogP contribution in [0.2, 0.25) is 0 Å². The SMILES string of the molecule is COc1nc2sccn2c1CNc1ccccc1Br. The molecule has 2 heterocycles. The van der Waals surface area contributed by atoms with Gasteiger partial charge in [-0.1, -0.05) is 12.1 Å². The number of para-hydroxylation sites is 1. The predicted molar refractivity (Wildman–Crippen MR) is 81.1 cm³/mol. The van der Waals surface area contributed by atoms with Gasteiger partial charge in [0, 0.05) is 21.7 Å². The third kappa shape index (κ3) is 2.33. The molecule has 0 saturated carbocycles. The fraction of sp³-hybridized carbons (Fsp3) is 0.154. The molecule has 0 spiro atoms. The third-order valence-corrected chi connectivity index (χ3v) is 4.29. The molecule has 6 heteroatoms. The lowest BCUT2D eigenvalue weighted by Crippen LogP contribution is -2.04. The van der Waals surface area contributed by atoms with Gasteiger partial charge in [-0.2, -0.15) is 4.98 Å². The molecule has 1 N–H and O–H groups in total. The molecule has 0 bridgehead atoms. The molecule has 98 valence electrons. The molecule has 2 aromatic heterocycles. The molecule has 0 fully saturated rings. The highest BCUT2D eigenvalue weighted by atomic mass is 79.9. The van der Waals surface area contributed by atoms with Crippen molar-refractivity contribution in [3.05, 3.63) is 46.0 Å². The highest BCUT2D eigenvalue weighted by Gasteiger charge is 2.13. The van der Waals surface area contributed by atoms with Gasteiger partial charge in [0.05, 0.1) is 13.7 Å². The molecule has 0 atom stereocenters. The zero-order valence-electron chi connectivity index (χ0n) is 10.3. The van der Waals surface area contributed by atoms with Crippen molar-refractivity contribution in [3.63, 3.8) is 0 Å². The summed E-state index contributed by atoms with van der Waals surface area (Å²) in [5, 5.41) is 5.41. The first-order chi connectivity index (χ1) is 9.29. The summed E-state index contributed by atoms with van der Waals surface area (Å²) < 4.78 is 8.42. The molecule has 19 heavy (non-hydrogen) atoms. The number of ether oxygens (including phenoxy) is 1. The Morgan fingerprint density at radius 2 is 2.26 bits per heavy atom. The zero-order valence-corrected chi connectivity index (χ0v) is 12.7. The van der Waals surface area contributed by atoms with E-state index in [4.69, 9.17) is 4.74 Å². The summed E-state index contributed by atoms with van der Waals surface area (Å²) in [5.41, 5.74) is 2.07. The Kier molecular flexibility index (Phi) is 3.44. The van der Waals surface area contributed by atoms with Gasteiger partial charge in [0.15, 0.2) is 4.96 Å². The topological polar surface area (TPSA) is 38.6 Å². The second-order valence-corrected chi connectivity index (χ2v) is 5.68. The smallest absolute Gasteiger partial charge is 0.238 e. The van der Waals surface area contributed by atoms with Crippen LogP contribution in [0.5, 0.6) is 5.88 Å². The van der Waals surface area contributed by atoms with Gasteiger partial charge in [0.2, 0.25) is 5.88 Å². The van der Waals surface area contributed by atoms with Crippen LogP contribution in [0.1, 0.15) is 5.69 Å². The number of thiazole rings is 1. The first-order valence-electron chi connectivity index (χ1n) is 5.76. The van der Waals surface area contributed by atoms with E-state index in [0.29, 0.717) is 12.4 Å². The first kappa shape index (κ1) is 12.5. The number of methoxy groups -OCH3 is 1. The van der Waals surface area contributed by atoms with Gasteiger partial charge >= 0.3 is 0 Å². The lowest BCUT2D eigenvalue weighted by molar-refractivity contribution is 0.395. The van der Waals surface area contributed by atoms with Crippen LogP contribution in [0, 0.1) is 0 Å². The number of nitrogens with zero attached hydrogens (tertiary/aromatic N) is 2. The Labute approximate surface area is 123 Å². The van der Waals surface area contributed by atoms with Gasteiger partial charge < -0.3 is 10.1 Å². The molecule has 0 unspecified atom stereocenters. The van der Waals surface area contributed by atoms with Gasteiger partial charge in [-0.15, -0.1) is 11.3 Å². The quantitative estimate of drug-likeness (QED) is 0.787. The predicted octanol–water partition coefficient (Wildman–Crippen LogP) is 3.78. The van der Waals surface area contributed by atoms with Crippen LogP contribution in [-0.4, -0.2) is 16.5 Å². The third-order valence-electron chi connectivity index (χ3n) is 2.84. The van der Waals surface area contributed by atoms with Crippen molar-refractivity contribution in [1.82, 2.24) is 9.38 Å². The second kappa shape index (κ2) is 5.22. The van der Waals surface area contributed by atoms with E-state index in [1.807, 2.05) is 40.2 Å². The number of halogens is 1. The van der Waals surface area contributed by atoms with Crippen LogP contribution in [0.15, 0.2) is 40.3 Å². The van der Waals surface area contributed by atoms with Crippen LogP contribution in [0.3, 0.4) is 0 Å². The largest absolute Gasteiger partial charge is 0.480 e. The van der Waals surface area contributed by atoms with Crippen molar-refractivity contribution in [3.8, 4) is 5.88 Å². The Morgan fingerprint density at radius 1 is 1.42 bits per heavy atom. The van der Waals surface area contributed by atoms with Crippen LogP contribution in [0.25, 0.3) is 4.96 Å². The lowest BCUT2D eigenvalue weighted by Gasteiger charge is -2.08. The summed E-state index contributed by atoms with van der Waals surface area (Å²) in [6.07, 6.45) is 2.01. The summed E-state index contributed by atoms with van der Waals surface area (Å²) in [5.74, 6) is 0.673. The average Bonchev–Trinajstić information content (AvgIpc) is 2.98. The number of anilines is 1. The van der Waals surface area contributed by atoms with Crippen LogP contribution < -0.4 is 10.1 Å². The summed E-state index contributed by atoms with van der Waals surface area (Å²) >= 11 is 5.12. The first-order valence-corrected chi connectivity index (χ1v) is 7.43. The molecule has 3 aromatic rings. The van der Waals surface area contributed by atoms with Crippen molar-refractivity contribution >= 4 is 37.9 Å². The number of fused-ring (bicyclic) bond motifs is 1. The van der Waals surface area contributed by atoms with E-state index in [9.17, 15) is 0 Å². The number of hydrogen-bond donors (Lipinski definition) is 1. The summed E-state index contributed by atoms with van der Waals surface area (Å²) in [6, 6.07) is 8.03. The van der Waals surface area contributed by atoms with E-state index < -0.39 is 0 Å².